The SMILES string of the molecule is CC1(C)S[C@@H]2[C@H](NC(=O)C(NC(=O)COc3cccc(C(=N)N)c3)c3ccccc3)C(=O)N2[C@H]1C(=O)O. The fraction of sp³-hybridized carbons (Fsp3) is 0.320. The molecule has 2 saturated heterocycles. The third kappa shape index (κ3) is 5.24. The quantitative estimate of drug-likeness (QED) is 0.182. The Morgan fingerprint density at radius 2 is 1.89 bits per heavy atom. The number of hydrogen-bond donors (Lipinski definition) is 5. The highest BCUT2D eigenvalue weighted by Crippen LogP contribution is 2.50. The average molecular weight is 526 g/mol. The number of carbonyl (C=O) groups excluding carboxylic acids is 3. The number of fused-ring (bicyclic) bond motifs is 1. The molecule has 194 valence electrons. The molecule has 3 amide bonds. The molecule has 0 saturated carbocycles. The molecule has 1 unspecified atom stereocenters. The number of benzene rings is 2. The second-order valence-electron chi connectivity index (χ2n) is 9.23. The van der Waals surface area contributed by atoms with Crippen molar-refractivity contribution in [1.82, 2.24) is 15.5 Å². The van der Waals surface area contributed by atoms with Crippen molar-refractivity contribution in [3.63, 3.8) is 0 Å². The van der Waals surface area contributed by atoms with E-state index in [0.717, 1.165) is 0 Å². The number of nitrogen functional groups attached to an aromatic ring is 1. The van der Waals surface area contributed by atoms with E-state index in [4.69, 9.17) is 15.9 Å². The molecule has 11 nitrogen and oxygen atoms in total. The minimum Gasteiger partial charge on any atom is -0.484 e. The maximum atomic E-state index is 13.3. The van der Waals surface area contributed by atoms with Gasteiger partial charge in [0, 0.05) is 10.3 Å². The first-order valence-electron chi connectivity index (χ1n) is 11.4. The predicted molar refractivity (Wildman–Crippen MR) is 136 cm³/mol. The van der Waals surface area contributed by atoms with Crippen molar-refractivity contribution >= 4 is 41.3 Å². The monoisotopic (exact) mass is 525 g/mol. The van der Waals surface area contributed by atoms with Gasteiger partial charge >= 0.3 is 5.97 Å². The smallest absolute Gasteiger partial charge is 0.327 e. The van der Waals surface area contributed by atoms with E-state index in [0.29, 0.717) is 16.9 Å². The Kier molecular flexibility index (Phi) is 7.12. The van der Waals surface area contributed by atoms with Crippen molar-refractivity contribution in [1.29, 1.82) is 5.41 Å². The third-order valence-electron chi connectivity index (χ3n) is 6.19. The summed E-state index contributed by atoms with van der Waals surface area (Å²) in [6.45, 7) is 3.10. The predicted octanol–water partition coefficient (Wildman–Crippen LogP) is 0.839. The molecule has 0 spiro atoms. The fourth-order valence-electron chi connectivity index (χ4n) is 4.43. The van der Waals surface area contributed by atoms with Gasteiger partial charge < -0.3 is 31.1 Å². The average Bonchev–Trinajstić information content (AvgIpc) is 3.13. The minimum atomic E-state index is -1.11. The van der Waals surface area contributed by atoms with Crippen molar-refractivity contribution in [2.45, 2.75) is 42.1 Å². The molecule has 2 aliphatic heterocycles. The van der Waals surface area contributed by atoms with E-state index in [-0.39, 0.29) is 5.84 Å². The molecule has 2 aliphatic rings. The van der Waals surface area contributed by atoms with Crippen LogP contribution in [0.25, 0.3) is 0 Å². The second kappa shape index (κ2) is 10.1. The van der Waals surface area contributed by atoms with Crippen LogP contribution in [0.3, 0.4) is 0 Å². The van der Waals surface area contributed by atoms with E-state index in [2.05, 4.69) is 10.6 Å². The standard InChI is InChI=1S/C25H27N5O6S/c1-25(2)19(24(34)35)30-22(33)18(23(30)37-25)29-21(32)17(13-7-4-3-5-8-13)28-16(31)12-36-15-10-6-9-14(11-15)20(26)27/h3-11,17-19,23H,12H2,1-2H3,(H3,26,27)(H,28,31)(H,29,32)(H,34,35)/t17?,18-,19+,23-/m1/s1. The first-order chi connectivity index (χ1) is 17.5. The zero-order valence-corrected chi connectivity index (χ0v) is 21.0. The zero-order valence-electron chi connectivity index (χ0n) is 20.1. The van der Waals surface area contributed by atoms with Crippen LogP contribution in [0.15, 0.2) is 54.6 Å². The number of thioether (sulfide) groups is 1. The summed E-state index contributed by atoms with van der Waals surface area (Å²) in [6, 6.07) is 11.9. The molecule has 2 aromatic carbocycles. The summed E-state index contributed by atoms with van der Waals surface area (Å²) in [7, 11) is 0. The molecule has 0 aliphatic carbocycles. The summed E-state index contributed by atoms with van der Waals surface area (Å²) >= 11 is 1.32. The highest BCUT2D eigenvalue weighted by atomic mass is 32.2. The van der Waals surface area contributed by atoms with Gasteiger partial charge in [-0.15, -0.1) is 11.8 Å². The van der Waals surface area contributed by atoms with Gasteiger partial charge in [-0.2, -0.15) is 0 Å². The summed E-state index contributed by atoms with van der Waals surface area (Å²) in [5.41, 5.74) is 6.42. The highest BCUT2D eigenvalue weighted by Gasteiger charge is 2.64. The van der Waals surface area contributed by atoms with Gasteiger partial charge in [-0.05, 0) is 31.5 Å². The largest absolute Gasteiger partial charge is 0.484 e. The first kappa shape index (κ1) is 26.0. The number of nitrogens with zero attached hydrogens (tertiary/aromatic N) is 1. The van der Waals surface area contributed by atoms with E-state index in [1.54, 1.807) is 62.4 Å². The van der Waals surface area contributed by atoms with Gasteiger partial charge in [-0.25, -0.2) is 4.79 Å². The molecule has 6 N–H and O–H groups in total. The molecule has 0 bridgehead atoms. The van der Waals surface area contributed by atoms with Crippen molar-refractivity contribution in [2.75, 3.05) is 6.61 Å². The fourth-order valence-corrected chi connectivity index (χ4v) is 6.06. The van der Waals surface area contributed by atoms with Crippen molar-refractivity contribution < 1.29 is 29.0 Å². The Labute approximate surface area is 217 Å². The maximum absolute atomic E-state index is 13.3. The van der Waals surface area contributed by atoms with Crippen LogP contribution in [0.1, 0.15) is 31.0 Å². The van der Waals surface area contributed by atoms with E-state index in [9.17, 15) is 24.3 Å². The van der Waals surface area contributed by atoms with Crippen LogP contribution in [0, 0.1) is 5.41 Å². The molecule has 4 rings (SSSR count). The van der Waals surface area contributed by atoms with Crippen LogP contribution in [-0.2, 0) is 19.2 Å². The third-order valence-corrected chi connectivity index (χ3v) is 7.76. The van der Waals surface area contributed by atoms with Crippen molar-refractivity contribution in [2.24, 2.45) is 5.73 Å². The number of carbonyl (C=O) groups is 4. The lowest BCUT2D eigenvalue weighted by atomic mass is 9.95. The Balaban J connectivity index is 1.44. The highest BCUT2D eigenvalue weighted by molar-refractivity contribution is 8.01. The first-order valence-corrected chi connectivity index (χ1v) is 12.3. The Morgan fingerprint density at radius 3 is 2.54 bits per heavy atom. The summed E-state index contributed by atoms with van der Waals surface area (Å²) in [6.07, 6.45) is 0. The van der Waals surface area contributed by atoms with Gasteiger partial charge in [-0.1, -0.05) is 42.5 Å². The number of carboxylic acid groups (broad SMARTS) is 1. The summed E-state index contributed by atoms with van der Waals surface area (Å²) in [5.74, 6) is -2.57. The number of ether oxygens (including phenoxy) is 1. The van der Waals surface area contributed by atoms with E-state index in [1.807, 2.05) is 0 Å². The Bertz CT molecular complexity index is 1250. The zero-order chi connectivity index (χ0) is 26.9. The number of rotatable bonds is 9. The molecule has 4 atom stereocenters. The molecular weight excluding hydrogens is 498 g/mol. The molecule has 0 aromatic heterocycles. The van der Waals surface area contributed by atoms with Gasteiger partial charge in [-0.3, -0.25) is 19.8 Å². The van der Waals surface area contributed by atoms with Crippen LogP contribution in [-0.4, -0.2) is 68.3 Å². The summed E-state index contributed by atoms with van der Waals surface area (Å²) in [5, 5.41) is 21.9. The van der Waals surface area contributed by atoms with E-state index >= 15 is 0 Å². The number of amides is 3. The van der Waals surface area contributed by atoms with Crippen molar-refractivity contribution in [3.8, 4) is 5.75 Å². The number of nitrogens with two attached hydrogens (primary N) is 1. The molecule has 2 fully saturated rings. The number of hydrogen-bond acceptors (Lipinski definition) is 7. The van der Waals surface area contributed by atoms with Crippen LogP contribution in [0.5, 0.6) is 5.75 Å². The summed E-state index contributed by atoms with van der Waals surface area (Å²) in [4.78, 5) is 51.8. The molecule has 37 heavy (non-hydrogen) atoms. The molecular formula is C25H27N5O6S. The van der Waals surface area contributed by atoms with E-state index in [1.165, 1.54) is 22.7 Å². The lowest BCUT2D eigenvalue weighted by Crippen LogP contribution is -2.71. The van der Waals surface area contributed by atoms with Gasteiger partial charge in [0.1, 0.15) is 35.1 Å². The van der Waals surface area contributed by atoms with Crippen molar-refractivity contribution in [3.05, 3.63) is 65.7 Å². The number of nitrogens with one attached hydrogen (secondary N) is 3. The molecule has 0 radical (unpaired) electrons. The van der Waals surface area contributed by atoms with Gasteiger partial charge in [0.15, 0.2) is 6.61 Å². The summed E-state index contributed by atoms with van der Waals surface area (Å²) < 4.78 is 4.78. The van der Waals surface area contributed by atoms with E-state index < -0.39 is 58.5 Å². The lowest BCUT2D eigenvalue weighted by molar-refractivity contribution is -0.161. The number of β-lactam (4-membered cyclic amide) rings is 1. The lowest BCUT2D eigenvalue weighted by Gasteiger charge is -2.44. The topological polar surface area (TPSA) is 175 Å². The Morgan fingerprint density at radius 1 is 1.19 bits per heavy atom. The maximum Gasteiger partial charge on any atom is 0.327 e. The van der Waals surface area contributed by atoms with Gasteiger partial charge in [0.05, 0.1) is 0 Å². The molecule has 2 aromatic rings. The molecule has 2 heterocycles. The second-order valence-corrected chi connectivity index (χ2v) is 11.0. The molecule has 12 heteroatoms. The normalized spacial score (nSPS) is 22.3. The van der Waals surface area contributed by atoms with Gasteiger partial charge in [0.2, 0.25) is 11.8 Å². The van der Waals surface area contributed by atoms with Crippen LogP contribution < -0.4 is 21.1 Å². The number of amidine groups is 1. The number of carboxylic acids is 1. The number of aliphatic carboxylic acids is 1. The van der Waals surface area contributed by atoms with Gasteiger partial charge in [0.25, 0.3) is 5.91 Å². The Hall–Kier alpha value is -4.06. The van der Waals surface area contributed by atoms with Crippen LogP contribution >= 0.6 is 11.8 Å². The van der Waals surface area contributed by atoms with Crippen LogP contribution in [0.4, 0.5) is 0 Å². The minimum absolute atomic E-state index is 0.140. The van der Waals surface area contributed by atoms with Crippen LogP contribution in [0.2, 0.25) is 0 Å².